The van der Waals surface area contributed by atoms with Gasteiger partial charge in [0.05, 0.1) is 6.10 Å². The fourth-order valence-electron chi connectivity index (χ4n) is 1.63. The van der Waals surface area contributed by atoms with Crippen LogP contribution in [0.3, 0.4) is 0 Å². The summed E-state index contributed by atoms with van der Waals surface area (Å²) in [5.74, 6) is 0. The molecule has 2 aromatic rings. The van der Waals surface area contributed by atoms with Crippen LogP contribution in [0, 0.1) is 0 Å². The van der Waals surface area contributed by atoms with E-state index in [2.05, 4.69) is 0 Å². The minimum absolute atomic E-state index is 0.420. The number of para-hydroxylation sites is 1. The number of benzene rings is 1. The highest BCUT2D eigenvalue weighted by atomic mass is 16.4. The monoisotopic (exact) mass is 204 g/mol. The Labute approximate surface area is 87.0 Å². The molecule has 0 spiro atoms. The molecular weight excluding hydrogens is 192 g/mol. The quantitative estimate of drug-likeness (QED) is 0.763. The van der Waals surface area contributed by atoms with Gasteiger partial charge in [-0.15, -0.1) is 0 Å². The third-order valence-electron chi connectivity index (χ3n) is 2.43. The van der Waals surface area contributed by atoms with Crippen molar-refractivity contribution in [2.75, 3.05) is 0 Å². The van der Waals surface area contributed by atoms with E-state index in [1.165, 1.54) is 6.07 Å². The van der Waals surface area contributed by atoms with Crippen LogP contribution in [0.25, 0.3) is 11.0 Å². The summed E-state index contributed by atoms with van der Waals surface area (Å²) in [5, 5.41) is 10.6. The zero-order chi connectivity index (χ0) is 10.8. The molecule has 0 aliphatic rings. The second kappa shape index (κ2) is 3.87. The molecule has 0 bridgehead atoms. The van der Waals surface area contributed by atoms with Gasteiger partial charge in [-0.1, -0.05) is 25.1 Å². The first-order chi connectivity index (χ1) is 7.22. The van der Waals surface area contributed by atoms with Crippen LogP contribution < -0.4 is 5.63 Å². The van der Waals surface area contributed by atoms with E-state index in [0.29, 0.717) is 17.6 Å². The summed E-state index contributed by atoms with van der Waals surface area (Å²) in [6.45, 7) is 1.87. The predicted molar refractivity (Wildman–Crippen MR) is 57.7 cm³/mol. The molecule has 1 aromatic carbocycles. The van der Waals surface area contributed by atoms with Gasteiger partial charge in [0.25, 0.3) is 0 Å². The lowest BCUT2D eigenvalue weighted by molar-refractivity contribution is 0.174. The van der Waals surface area contributed by atoms with Crippen molar-refractivity contribution >= 4 is 11.0 Å². The Bertz CT molecular complexity index is 528. The largest absolute Gasteiger partial charge is 0.423 e. The Morgan fingerprint density at radius 2 is 2.13 bits per heavy atom. The van der Waals surface area contributed by atoms with Crippen LogP contribution in [-0.4, -0.2) is 5.11 Å². The molecule has 0 saturated carbocycles. The van der Waals surface area contributed by atoms with Crippen molar-refractivity contribution in [2.24, 2.45) is 0 Å². The summed E-state index contributed by atoms with van der Waals surface area (Å²) in [7, 11) is 0. The standard InChI is InChI=1S/C12H12O3/c1-2-10(13)9-7-12(14)15-11-6-4-3-5-8(9)11/h3-7,10,13H,2H2,1H3. The lowest BCUT2D eigenvalue weighted by atomic mass is 10.0. The maximum absolute atomic E-state index is 11.2. The number of rotatable bonds is 2. The molecule has 2 rings (SSSR count). The van der Waals surface area contributed by atoms with Crippen LogP contribution in [0.1, 0.15) is 25.0 Å². The highest BCUT2D eigenvalue weighted by molar-refractivity contribution is 5.80. The lowest BCUT2D eigenvalue weighted by Gasteiger charge is -2.09. The second-order valence-corrected chi connectivity index (χ2v) is 3.44. The molecule has 3 heteroatoms. The fourth-order valence-corrected chi connectivity index (χ4v) is 1.63. The maximum atomic E-state index is 11.2. The molecule has 0 saturated heterocycles. The van der Waals surface area contributed by atoms with Gasteiger partial charge in [0.15, 0.2) is 0 Å². The third-order valence-corrected chi connectivity index (χ3v) is 2.43. The van der Waals surface area contributed by atoms with Crippen LogP contribution in [0.2, 0.25) is 0 Å². The molecule has 3 nitrogen and oxygen atoms in total. The molecule has 0 radical (unpaired) electrons. The number of aliphatic hydroxyl groups is 1. The van der Waals surface area contributed by atoms with E-state index < -0.39 is 11.7 Å². The zero-order valence-electron chi connectivity index (χ0n) is 8.43. The molecule has 0 aliphatic carbocycles. The molecule has 0 fully saturated rings. The highest BCUT2D eigenvalue weighted by Gasteiger charge is 2.11. The summed E-state index contributed by atoms with van der Waals surface area (Å²) >= 11 is 0. The summed E-state index contributed by atoms with van der Waals surface area (Å²) in [6, 6.07) is 8.58. The molecular formula is C12H12O3. The summed E-state index contributed by atoms with van der Waals surface area (Å²) in [6.07, 6.45) is -0.0352. The minimum Gasteiger partial charge on any atom is -0.423 e. The topological polar surface area (TPSA) is 50.4 Å². The molecule has 0 aliphatic heterocycles. The van der Waals surface area contributed by atoms with Gasteiger partial charge >= 0.3 is 5.63 Å². The SMILES string of the molecule is CCC(O)c1cc(=O)oc2ccccc12. The average Bonchev–Trinajstić information content (AvgIpc) is 2.26. The smallest absolute Gasteiger partial charge is 0.336 e. The first-order valence-corrected chi connectivity index (χ1v) is 4.93. The summed E-state index contributed by atoms with van der Waals surface area (Å²) in [4.78, 5) is 11.2. The molecule has 78 valence electrons. The van der Waals surface area contributed by atoms with Gasteiger partial charge in [0, 0.05) is 11.5 Å². The van der Waals surface area contributed by atoms with Crippen molar-refractivity contribution in [3.63, 3.8) is 0 Å². The molecule has 1 heterocycles. The van der Waals surface area contributed by atoms with Gasteiger partial charge in [0.1, 0.15) is 5.58 Å². The van der Waals surface area contributed by atoms with E-state index in [0.717, 1.165) is 5.39 Å². The molecule has 1 atom stereocenters. The second-order valence-electron chi connectivity index (χ2n) is 3.44. The summed E-state index contributed by atoms with van der Waals surface area (Å²) in [5.41, 5.74) is 0.744. The van der Waals surface area contributed by atoms with Gasteiger partial charge in [0.2, 0.25) is 0 Å². The van der Waals surface area contributed by atoms with E-state index in [-0.39, 0.29) is 0 Å². The fraction of sp³-hybridized carbons (Fsp3) is 0.250. The Hall–Kier alpha value is -1.61. The van der Waals surface area contributed by atoms with Crippen molar-refractivity contribution < 1.29 is 9.52 Å². The lowest BCUT2D eigenvalue weighted by Crippen LogP contribution is -2.04. The molecule has 0 amide bonds. The Balaban J connectivity index is 2.76. The Morgan fingerprint density at radius 1 is 1.40 bits per heavy atom. The number of fused-ring (bicyclic) bond motifs is 1. The van der Waals surface area contributed by atoms with Gasteiger partial charge < -0.3 is 9.52 Å². The van der Waals surface area contributed by atoms with E-state index >= 15 is 0 Å². The highest BCUT2D eigenvalue weighted by Crippen LogP contribution is 2.24. The van der Waals surface area contributed by atoms with E-state index in [1.807, 2.05) is 19.1 Å². The first-order valence-electron chi connectivity index (χ1n) is 4.93. The van der Waals surface area contributed by atoms with Crippen LogP contribution >= 0.6 is 0 Å². The Kier molecular flexibility index (Phi) is 2.56. The number of hydrogen-bond donors (Lipinski definition) is 1. The third kappa shape index (κ3) is 1.78. The molecule has 1 unspecified atom stereocenters. The predicted octanol–water partition coefficient (Wildman–Crippen LogP) is 2.24. The summed E-state index contributed by atoms with van der Waals surface area (Å²) < 4.78 is 5.03. The van der Waals surface area contributed by atoms with E-state index in [1.54, 1.807) is 12.1 Å². The average molecular weight is 204 g/mol. The van der Waals surface area contributed by atoms with Gasteiger partial charge in [-0.05, 0) is 18.1 Å². The number of hydrogen-bond acceptors (Lipinski definition) is 3. The van der Waals surface area contributed by atoms with E-state index in [9.17, 15) is 9.90 Å². The van der Waals surface area contributed by atoms with Crippen LogP contribution in [-0.2, 0) is 0 Å². The van der Waals surface area contributed by atoms with Crippen LogP contribution in [0.4, 0.5) is 0 Å². The van der Waals surface area contributed by atoms with Gasteiger partial charge in [-0.25, -0.2) is 4.79 Å². The van der Waals surface area contributed by atoms with Gasteiger partial charge in [-0.3, -0.25) is 0 Å². The van der Waals surface area contributed by atoms with E-state index in [4.69, 9.17) is 4.42 Å². The molecule has 15 heavy (non-hydrogen) atoms. The van der Waals surface area contributed by atoms with Crippen molar-refractivity contribution in [2.45, 2.75) is 19.4 Å². The zero-order valence-corrected chi connectivity index (χ0v) is 8.43. The first kappa shape index (κ1) is 9.93. The maximum Gasteiger partial charge on any atom is 0.336 e. The Morgan fingerprint density at radius 3 is 2.87 bits per heavy atom. The van der Waals surface area contributed by atoms with Crippen molar-refractivity contribution in [1.82, 2.24) is 0 Å². The van der Waals surface area contributed by atoms with Crippen molar-refractivity contribution in [3.8, 4) is 0 Å². The minimum atomic E-state index is -0.612. The molecule has 1 aromatic heterocycles. The van der Waals surface area contributed by atoms with Gasteiger partial charge in [-0.2, -0.15) is 0 Å². The normalized spacial score (nSPS) is 12.9. The molecule has 1 N–H and O–H groups in total. The van der Waals surface area contributed by atoms with Crippen molar-refractivity contribution in [3.05, 3.63) is 46.3 Å². The van der Waals surface area contributed by atoms with Crippen molar-refractivity contribution in [1.29, 1.82) is 0 Å². The van der Waals surface area contributed by atoms with Crippen LogP contribution in [0.15, 0.2) is 39.5 Å². The van der Waals surface area contributed by atoms with Crippen LogP contribution in [0.5, 0.6) is 0 Å². The number of aliphatic hydroxyl groups excluding tert-OH is 1.